The summed E-state index contributed by atoms with van der Waals surface area (Å²) in [6.45, 7) is 1.85. The van der Waals surface area contributed by atoms with Crippen LogP contribution in [-0.2, 0) is 20.9 Å². The number of halogens is 1. The highest BCUT2D eigenvalue weighted by Gasteiger charge is 2.25. The van der Waals surface area contributed by atoms with Crippen LogP contribution < -0.4 is 5.32 Å². The number of hydrogen-bond acceptors (Lipinski definition) is 4. The van der Waals surface area contributed by atoms with E-state index in [9.17, 15) is 14.4 Å². The van der Waals surface area contributed by atoms with Crippen molar-refractivity contribution < 1.29 is 19.1 Å². The van der Waals surface area contributed by atoms with Gasteiger partial charge >= 0.3 is 6.09 Å². The molecule has 148 valence electrons. The van der Waals surface area contributed by atoms with Crippen molar-refractivity contribution in [3.63, 3.8) is 0 Å². The van der Waals surface area contributed by atoms with Crippen LogP contribution in [0.15, 0.2) is 42.5 Å². The van der Waals surface area contributed by atoms with Crippen molar-refractivity contribution in [1.29, 1.82) is 0 Å². The fourth-order valence-electron chi connectivity index (χ4n) is 3.04. The average molecular weight is 448 g/mol. The average Bonchev–Trinajstić information content (AvgIpc) is 2.75. The summed E-state index contributed by atoms with van der Waals surface area (Å²) in [5.41, 5.74) is 0.934. The van der Waals surface area contributed by atoms with Gasteiger partial charge in [-0.05, 0) is 22.4 Å². The number of rotatable bonds is 5. The molecule has 1 fully saturated rings. The molecule has 0 aliphatic carbocycles. The monoisotopic (exact) mass is 447 g/mol. The Morgan fingerprint density at radius 2 is 1.64 bits per heavy atom. The lowest BCUT2D eigenvalue weighted by molar-refractivity contribution is -0.133. The molecular weight excluding hydrogens is 426 g/mol. The summed E-state index contributed by atoms with van der Waals surface area (Å²) in [5.74, 6) is -0.386. The molecular formula is C20H22BrN3O4. The lowest BCUT2D eigenvalue weighted by atomic mass is 10.1. The summed E-state index contributed by atoms with van der Waals surface area (Å²) >= 11 is 3.03. The Balaban J connectivity index is 1.44. The van der Waals surface area contributed by atoms with Gasteiger partial charge < -0.3 is 19.9 Å². The molecule has 8 heteroatoms. The van der Waals surface area contributed by atoms with Gasteiger partial charge in [-0.2, -0.15) is 0 Å². The van der Waals surface area contributed by atoms with E-state index in [1.807, 2.05) is 42.5 Å². The molecule has 0 radical (unpaired) electrons. The first kappa shape index (κ1) is 20.1. The molecule has 0 unspecified atom stereocenters. The normalized spacial score (nSPS) is 14.0. The highest BCUT2D eigenvalue weighted by Crippen LogP contribution is 2.16. The lowest BCUT2D eigenvalue weighted by Crippen LogP contribution is -2.52. The highest BCUT2D eigenvalue weighted by molar-refractivity contribution is 9.09. The molecule has 1 aliphatic rings. The van der Waals surface area contributed by atoms with Gasteiger partial charge in [0.15, 0.2) is 0 Å². The van der Waals surface area contributed by atoms with E-state index in [1.54, 1.807) is 9.80 Å². The molecule has 1 aliphatic heterocycles. The number of nitrogens with zero attached hydrogens (tertiary/aromatic N) is 2. The number of carbonyl (C=O) groups excluding carboxylic acids is 3. The molecule has 3 rings (SSSR count). The summed E-state index contributed by atoms with van der Waals surface area (Å²) in [6.07, 6.45) is -0.382. The molecule has 0 spiro atoms. The van der Waals surface area contributed by atoms with E-state index in [1.165, 1.54) is 0 Å². The maximum Gasteiger partial charge on any atom is 0.410 e. The van der Waals surface area contributed by atoms with E-state index >= 15 is 0 Å². The minimum atomic E-state index is -0.382. The van der Waals surface area contributed by atoms with E-state index in [-0.39, 0.29) is 36.4 Å². The van der Waals surface area contributed by atoms with Crippen LogP contribution in [0, 0.1) is 0 Å². The Morgan fingerprint density at radius 3 is 2.36 bits per heavy atom. The number of benzene rings is 2. The van der Waals surface area contributed by atoms with Crippen LogP contribution in [0.4, 0.5) is 4.79 Å². The van der Waals surface area contributed by atoms with Gasteiger partial charge in [0.05, 0.1) is 11.9 Å². The molecule has 1 heterocycles. The van der Waals surface area contributed by atoms with Gasteiger partial charge in [-0.1, -0.05) is 52.3 Å². The summed E-state index contributed by atoms with van der Waals surface area (Å²) in [6, 6.07) is 14.0. The SMILES string of the molecule is O=C(CBr)NCC(=O)N1CCN(C(=O)OCc2ccc3ccccc3c2)CC1. The van der Waals surface area contributed by atoms with Crippen LogP contribution in [0.5, 0.6) is 0 Å². The van der Waals surface area contributed by atoms with Gasteiger partial charge in [-0.15, -0.1) is 0 Å². The predicted octanol–water partition coefficient (Wildman–Crippen LogP) is 2.13. The van der Waals surface area contributed by atoms with Crippen LogP contribution >= 0.6 is 15.9 Å². The highest BCUT2D eigenvalue weighted by atomic mass is 79.9. The summed E-state index contributed by atoms with van der Waals surface area (Å²) < 4.78 is 5.43. The molecule has 1 N–H and O–H groups in total. The van der Waals surface area contributed by atoms with Gasteiger partial charge in [0.25, 0.3) is 0 Å². The first-order chi connectivity index (χ1) is 13.6. The summed E-state index contributed by atoms with van der Waals surface area (Å²) in [4.78, 5) is 38.8. The number of carbonyl (C=O) groups is 3. The predicted molar refractivity (Wildman–Crippen MR) is 109 cm³/mol. The number of hydrogen-bond donors (Lipinski definition) is 1. The van der Waals surface area contributed by atoms with Crippen molar-refractivity contribution in [3.8, 4) is 0 Å². The van der Waals surface area contributed by atoms with Gasteiger partial charge in [0, 0.05) is 26.2 Å². The fourth-order valence-corrected chi connectivity index (χ4v) is 3.23. The zero-order valence-corrected chi connectivity index (χ0v) is 17.0. The number of fused-ring (bicyclic) bond motifs is 1. The Morgan fingerprint density at radius 1 is 0.964 bits per heavy atom. The smallest absolute Gasteiger partial charge is 0.410 e. The quantitative estimate of drug-likeness (QED) is 0.711. The third kappa shape index (κ3) is 5.22. The third-order valence-corrected chi connectivity index (χ3v) is 5.13. The second kappa shape index (κ2) is 9.54. The molecule has 0 atom stereocenters. The van der Waals surface area contributed by atoms with Gasteiger partial charge in [0.2, 0.25) is 11.8 Å². The Labute approximate surface area is 171 Å². The van der Waals surface area contributed by atoms with Crippen molar-refractivity contribution >= 4 is 44.6 Å². The fraction of sp³-hybridized carbons (Fsp3) is 0.350. The zero-order chi connectivity index (χ0) is 19.9. The summed E-state index contributed by atoms with van der Waals surface area (Å²) in [5, 5.41) is 4.95. The minimum Gasteiger partial charge on any atom is -0.445 e. The lowest BCUT2D eigenvalue weighted by Gasteiger charge is -2.34. The number of nitrogens with one attached hydrogen (secondary N) is 1. The maximum absolute atomic E-state index is 12.3. The number of ether oxygens (including phenoxy) is 1. The Kier molecular flexibility index (Phi) is 6.86. The second-order valence-corrected chi connectivity index (χ2v) is 7.08. The van der Waals surface area contributed by atoms with Crippen LogP contribution in [-0.4, -0.2) is 65.8 Å². The van der Waals surface area contributed by atoms with E-state index in [0.29, 0.717) is 26.2 Å². The maximum atomic E-state index is 12.3. The number of piperazine rings is 1. The zero-order valence-electron chi connectivity index (χ0n) is 15.4. The van der Waals surface area contributed by atoms with Crippen LogP contribution in [0.1, 0.15) is 5.56 Å². The molecule has 0 aromatic heterocycles. The molecule has 28 heavy (non-hydrogen) atoms. The van der Waals surface area contributed by atoms with Crippen molar-refractivity contribution in [1.82, 2.24) is 15.1 Å². The number of alkyl halides is 1. The molecule has 1 saturated heterocycles. The molecule has 7 nitrogen and oxygen atoms in total. The minimum absolute atomic E-state index is 0.0309. The van der Waals surface area contributed by atoms with Gasteiger partial charge in [0.1, 0.15) is 6.61 Å². The molecule has 0 saturated carbocycles. The molecule has 2 aromatic rings. The topological polar surface area (TPSA) is 79.0 Å². The third-order valence-electron chi connectivity index (χ3n) is 4.62. The van der Waals surface area contributed by atoms with Crippen molar-refractivity contribution in [2.75, 3.05) is 38.1 Å². The first-order valence-corrected chi connectivity index (χ1v) is 10.2. The van der Waals surface area contributed by atoms with E-state index in [2.05, 4.69) is 21.2 Å². The van der Waals surface area contributed by atoms with Crippen LogP contribution in [0.3, 0.4) is 0 Å². The van der Waals surface area contributed by atoms with E-state index in [0.717, 1.165) is 16.3 Å². The van der Waals surface area contributed by atoms with E-state index < -0.39 is 0 Å². The van der Waals surface area contributed by atoms with Gasteiger partial charge in [-0.3, -0.25) is 9.59 Å². The summed E-state index contributed by atoms with van der Waals surface area (Å²) in [7, 11) is 0. The Hall–Kier alpha value is -2.61. The van der Waals surface area contributed by atoms with Gasteiger partial charge in [-0.25, -0.2) is 4.79 Å². The largest absolute Gasteiger partial charge is 0.445 e. The Bertz CT molecular complexity index is 865. The molecule has 0 bridgehead atoms. The van der Waals surface area contributed by atoms with Crippen molar-refractivity contribution in [3.05, 3.63) is 48.0 Å². The van der Waals surface area contributed by atoms with Crippen LogP contribution in [0.25, 0.3) is 10.8 Å². The first-order valence-electron chi connectivity index (χ1n) is 9.06. The molecule has 2 aromatic carbocycles. The standard InChI is InChI=1S/C20H22BrN3O4/c21-12-18(25)22-13-19(26)23-7-9-24(10-8-23)20(27)28-14-15-5-6-16-3-1-2-4-17(16)11-15/h1-6,11H,7-10,12-14H2,(H,22,25). The van der Waals surface area contributed by atoms with Crippen molar-refractivity contribution in [2.24, 2.45) is 0 Å². The van der Waals surface area contributed by atoms with Crippen LogP contribution in [0.2, 0.25) is 0 Å². The number of amides is 3. The van der Waals surface area contributed by atoms with Crippen molar-refractivity contribution in [2.45, 2.75) is 6.61 Å². The second-order valence-electron chi connectivity index (χ2n) is 6.51. The molecule has 3 amide bonds. The van der Waals surface area contributed by atoms with E-state index in [4.69, 9.17) is 4.74 Å².